The minimum absolute atomic E-state index is 0.117. The number of ether oxygens (including phenoxy) is 1. The minimum atomic E-state index is -0.445. The highest BCUT2D eigenvalue weighted by Gasteiger charge is 2.65. The number of hydrogen-bond acceptors (Lipinski definition) is 3. The quantitative estimate of drug-likeness (QED) is 0.710. The van der Waals surface area contributed by atoms with Gasteiger partial charge in [0, 0.05) is 25.7 Å². The van der Waals surface area contributed by atoms with Gasteiger partial charge in [0.15, 0.2) is 0 Å². The van der Waals surface area contributed by atoms with Crippen LogP contribution in [0.15, 0.2) is 30.3 Å². The zero-order chi connectivity index (χ0) is 20.0. The molecule has 4 nitrogen and oxygen atoms in total. The number of benzene rings is 1. The van der Waals surface area contributed by atoms with Crippen LogP contribution in [0.3, 0.4) is 0 Å². The summed E-state index contributed by atoms with van der Waals surface area (Å²) >= 11 is 0. The van der Waals surface area contributed by atoms with Crippen molar-refractivity contribution in [3.05, 3.63) is 35.9 Å². The van der Waals surface area contributed by atoms with E-state index in [0.29, 0.717) is 10.8 Å². The Hall–Kier alpha value is -1.55. The minimum Gasteiger partial charge on any atom is -0.444 e. The van der Waals surface area contributed by atoms with Gasteiger partial charge < -0.3 is 9.64 Å². The fourth-order valence-corrected chi connectivity index (χ4v) is 6.02. The molecule has 1 aromatic rings. The van der Waals surface area contributed by atoms with Crippen LogP contribution in [-0.4, -0.2) is 47.2 Å². The number of nitrogens with zero attached hydrogens (tertiary/aromatic N) is 2. The predicted octanol–water partition coefficient (Wildman–Crippen LogP) is 5.08. The van der Waals surface area contributed by atoms with Crippen LogP contribution in [0.2, 0.25) is 0 Å². The predicted molar refractivity (Wildman–Crippen MR) is 112 cm³/mol. The lowest BCUT2D eigenvalue weighted by molar-refractivity contribution is -0.202. The monoisotopic (exact) mass is 384 g/mol. The molecule has 0 N–H and O–H groups in total. The van der Waals surface area contributed by atoms with Gasteiger partial charge in [0.05, 0.1) is 0 Å². The van der Waals surface area contributed by atoms with Gasteiger partial charge in [-0.2, -0.15) is 0 Å². The molecule has 1 amide bonds. The van der Waals surface area contributed by atoms with Crippen molar-refractivity contribution >= 4 is 6.09 Å². The lowest BCUT2D eigenvalue weighted by Gasteiger charge is -2.71. The molecular weight excluding hydrogens is 348 g/mol. The van der Waals surface area contributed by atoms with Crippen LogP contribution in [0.4, 0.5) is 4.79 Å². The van der Waals surface area contributed by atoms with Gasteiger partial charge in [-0.05, 0) is 75.8 Å². The van der Waals surface area contributed by atoms with E-state index in [-0.39, 0.29) is 12.1 Å². The van der Waals surface area contributed by atoms with E-state index in [0.717, 1.165) is 39.0 Å². The van der Waals surface area contributed by atoms with E-state index in [1.54, 1.807) is 0 Å². The third-order valence-corrected chi connectivity index (χ3v) is 6.71. The van der Waals surface area contributed by atoms with Gasteiger partial charge in [-0.3, -0.25) is 4.90 Å². The number of carbonyl (C=O) groups excluding carboxylic acids is 1. The first kappa shape index (κ1) is 19.8. The molecule has 0 radical (unpaired) electrons. The first-order valence-electron chi connectivity index (χ1n) is 10.9. The van der Waals surface area contributed by atoms with Crippen molar-refractivity contribution in [2.75, 3.05) is 19.6 Å². The molecule has 3 aliphatic carbocycles. The number of piperidine rings is 1. The first-order valence-corrected chi connectivity index (χ1v) is 10.9. The highest BCUT2D eigenvalue weighted by molar-refractivity contribution is 5.69. The summed E-state index contributed by atoms with van der Waals surface area (Å²) in [5.74, 6) is 0. The molecule has 4 aliphatic rings. The number of likely N-dealkylation sites (tertiary alicyclic amines) is 1. The number of rotatable bonds is 5. The molecule has 0 spiro atoms. The highest BCUT2D eigenvalue weighted by atomic mass is 16.6. The maximum Gasteiger partial charge on any atom is 0.410 e. The van der Waals surface area contributed by atoms with E-state index >= 15 is 0 Å². The van der Waals surface area contributed by atoms with Crippen molar-refractivity contribution in [1.29, 1.82) is 0 Å². The molecule has 5 rings (SSSR count). The number of amides is 1. The first-order chi connectivity index (χ1) is 13.2. The van der Waals surface area contributed by atoms with Crippen LogP contribution >= 0.6 is 0 Å². The molecule has 4 fully saturated rings. The molecule has 0 aromatic heterocycles. The third-order valence-electron chi connectivity index (χ3n) is 6.71. The van der Waals surface area contributed by atoms with Gasteiger partial charge in [0.1, 0.15) is 5.60 Å². The van der Waals surface area contributed by atoms with Crippen molar-refractivity contribution in [3.8, 4) is 0 Å². The Morgan fingerprint density at radius 2 is 1.89 bits per heavy atom. The molecule has 1 unspecified atom stereocenters. The third kappa shape index (κ3) is 4.22. The van der Waals surface area contributed by atoms with Crippen LogP contribution < -0.4 is 0 Å². The molecule has 154 valence electrons. The van der Waals surface area contributed by atoms with E-state index in [1.807, 2.05) is 20.8 Å². The molecule has 1 aromatic carbocycles. The van der Waals surface area contributed by atoms with Crippen LogP contribution in [0.1, 0.15) is 65.4 Å². The Kier molecular flexibility index (Phi) is 4.97. The fourth-order valence-electron chi connectivity index (χ4n) is 6.02. The SMILES string of the molecule is CC12CC(CN(C(=O)OC(C)(C)C)C3CCCN(Cc4ccccc4)C3)(C1)C2. The molecule has 3 saturated carbocycles. The van der Waals surface area contributed by atoms with Crippen molar-refractivity contribution in [2.24, 2.45) is 10.8 Å². The summed E-state index contributed by atoms with van der Waals surface area (Å²) in [4.78, 5) is 17.7. The second-order valence-corrected chi connectivity index (χ2v) is 11.0. The smallest absolute Gasteiger partial charge is 0.410 e. The summed E-state index contributed by atoms with van der Waals surface area (Å²) in [5.41, 5.74) is 1.83. The summed E-state index contributed by atoms with van der Waals surface area (Å²) < 4.78 is 5.83. The summed E-state index contributed by atoms with van der Waals surface area (Å²) in [7, 11) is 0. The lowest BCUT2D eigenvalue weighted by Crippen LogP contribution is -2.66. The zero-order valence-electron chi connectivity index (χ0n) is 18.0. The van der Waals surface area contributed by atoms with Gasteiger partial charge in [0.25, 0.3) is 0 Å². The Morgan fingerprint density at radius 1 is 1.21 bits per heavy atom. The second-order valence-electron chi connectivity index (χ2n) is 11.0. The lowest BCUT2D eigenvalue weighted by atomic mass is 9.36. The normalized spacial score (nSPS) is 32.2. The van der Waals surface area contributed by atoms with Crippen LogP contribution in [0.25, 0.3) is 0 Å². The summed E-state index contributed by atoms with van der Waals surface area (Å²) in [6.07, 6.45) is 5.94. The van der Waals surface area contributed by atoms with E-state index < -0.39 is 5.60 Å². The van der Waals surface area contributed by atoms with Crippen molar-refractivity contribution in [2.45, 2.75) is 78.0 Å². The van der Waals surface area contributed by atoms with E-state index in [2.05, 4.69) is 47.1 Å². The van der Waals surface area contributed by atoms with E-state index in [4.69, 9.17) is 4.74 Å². The molecule has 2 bridgehead atoms. The molecule has 1 heterocycles. The Bertz CT molecular complexity index is 689. The highest BCUT2D eigenvalue weighted by Crippen LogP contribution is 2.73. The fraction of sp³-hybridized carbons (Fsp3) is 0.708. The molecule has 4 heteroatoms. The van der Waals surface area contributed by atoms with Crippen LogP contribution in [0.5, 0.6) is 0 Å². The van der Waals surface area contributed by atoms with E-state index in [1.165, 1.54) is 24.8 Å². The standard InChI is InChI=1S/C24H36N2O2/c1-22(2,3)28-21(27)26(18-24-15-23(4,16-24)17-24)20-11-8-12-25(14-20)13-19-9-6-5-7-10-19/h5-7,9-10,20H,8,11-18H2,1-4H3. The molecule has 28 heavy (non-hydrogen) atoms. The average Bonchev–Trinajstić information content (AvgIpc) is 2.56. The van der Waals surface area contributed by atoms with Crippen LogP contribution in [0, 0.1) is 10.8 Å². The molecular formula is C24H36N2O2. The van der Waals surface area contributed by atoms with Gasteiger partial charge in [0.2, 0.25) is 0 Å². The van der Waals surface area contributed by atoms with E-state index in [9.17, 15) is 4.79 Å². The average molecular weight is 385 g/mol. The Balaban J connectivity index is 1.44. The second kappa shape index (κ2) is 7.05. The summed E-state index contributed by atoms with van der Waals surface area (Å²) in [6.45, 7) is 12.2. The number of hydrogen-bond donors (Lipinski definition) is 0. The molecule has 1 atom stereocenters. The zero-order valence-corrected chi connectivity index (χ0v) is 18.0. The molecule has 1 saturated heterocycles. The topological polar surface area (TPSA) is 32.8 Å². The Morgan fingerprint density at radius 3 is 2.50 bits per heavy atom. The summed E-state index contributed by atoms with van der Waals surface area (Å²) in [6, 6.07) is 10.9. The van der Waals surface area contributed by atoms with Crippen molar-refractivity contribution in [1.82, 2.24) is 9.80 Å². The van der Waals surface area contributed by atoms with Crippen molar-refractivity contribution < 1.29 is 9.53 Å². The van der Waals surface area contributed by atoms with Gasteiger partial charge in [-0.25, -0.2) is 4.79 Å². The largest absolute Gasteiger partial charge is 0.444 e. The maximum atomic E-state index is 13.1. The van der Waals surface area contributed by atoms with Gasteiger partial charge >= 0.3 is 6.09 Å². The Labute approximate surface area is 170 Å². The van der Waals surface area contributed by atoms with Gasteiger partial charge in [-0.1, -0.05) is 37.3 Å². The molecule has 1 aliphatic heterocycles. The van der Waals surface area contributed by atoms with Crippen molar-refractivity contribution in [3.63, 3.8) is 0 Å². The maximum absolute atomic E-state index is 13.1. The van der Waals surface area contributed by atoms with Crippen LogP contribution in [-0.2, 0) is 11.3 Å². The number of carbonyl (C=O) groups is 1. The van der Waals surface area contributed by atoms with Gasteiger partial charge in [-0.15, -0.1) is 0 Å². The summed E-state index contributed by atoms with van der Waals surface area (Å²) in [5, 5.41) is 0.